The molecule has 19 heavy (non-hydrogen) atoms. The van der Waals surface area contributed by atoms with Crippen molar-refractivity contribution in [2.24, 2.45) is 0 Å². The largest absolute Gasteiger partial charge is 0.341 e. The Hall–Kier alpha value is -1.61. The normalized spacial score (nSPS) is 21.8. The number of hydrogen-bond donors (Lipinski definition) is 2. The molecule has 2 aliphatic rings. The molecule has 4 rings (SSSR count). The number of nitrogens with one attached hydrogen (secondary N) is 2. The topological polar surface area (TPSA) is 40.7 Å². The van der Waals surface area contributed by atoms with E-state index in [-0.39, 0.29) is 0 Å². The fourth-order valence-corrected chi connectivity index (χ4v) is 3.32. The highest BCUT2D eigenvalue weighted by molar-refractivity contribution is 5.61. The molecular formula is C16H19N3. The van der Waals surface area contributed by atoms with Crippen LogP contribution in [-0.4, -0.2) is 16.5 Å². The van der Waals surface area contributed by atoms with Gasteiger partial charge in [-0.25, -0.2) is 4.98 Å². The Bertz CT molecular complexity index is 594. The second kappa shape index (κ2) is 4.49. The van der Waals surface area contributed by atoms with Crippen molar-refractivity contribution in [3.05, 3.63) is 41.3 Å². The maximum Gasteiger partial charge on any atom is 0.123 e. The van der Waals surface area contributed by atoms with Gasteiger partial charge in [-0.1, -0.05) is 12.1 Å². The number of aryl methyl sites for hydroxylation is 2. The Labute approximate surface area is 113 Å². The minimum atomic E-state index is 0.420. The number of aromatic nitrogens is 2. The molecule has 0 spiro atoms. The smallest absolute Gasteiger partial charge is 0.123 e. The monoisotopic (exact) mass is 253 g/mol. The Kier molecular flexibility index (Phi) is 2.66. The Morgan fingerprint density at radius 1 is 1.11 bits per heavy atom. The molecule has 0 amide bonds. The number of imidazole rings is 1. The first-order valence-electron chi connectivity index (χ1n) is 7.30. The lowest BCUT2D eigenvalue weighted by atomic mass is 10.0. The van der Waals surface area contributed by atoms with E-state index < -0.39 is 0 Å². The van der Waals surface area contributed by atoms with Gasteiger partial charge in [0.15, 0.2) is 0 Å². The van der Waals surface area contributed by atoms with E-state index in [1.54, 1.807) is 0 Å². The van der Waals surface area contributed by atoms with Crippen molar-refractivity contribution in [1.29, 1.82) is 0 Å². The lowest BCUT2D eigenvalue weighted by Gasteiger charge is -2.06. The van der Waals surface area contributed by atoms with E-state index in [1.165, 1.54) is 48.8 Å². The van der Waals surface area contributed by atoms with Crippen LogP contribution in [0.3, 0.4) is 0 Å². The van der Waals surface area contributed by atoms with E-state index in [0.29, 0.717) is 6.04 Å². The first kappa shape index (κ1) is 11.2. The van der Waals surface area contributed by atoms with Crippen LogP contribution in [0.2, 0.25) is 0 Å². The fourth-order valence-electron chi connectivity index (χ4n) is 3.32. The van der Waals surface area contributed by atoms with E-state index in [2.05, 4.69) is 33.5 Å². The first-order valence-corrected chi connectivity index (χ1v) is 7.30. The summed E-state index contributed by atoms with van der Waals surface area (Å²) in [6, 6.07) is 7.26. The molecule has 2 aromatic rings. The van der Waals surface area contributed by atoms with E-state index in [1.807, 2.05) is 6.20 Å². The molecule has 3 nitrogen and oxygen atoms in total. The lowest BCUT2D eigenvalue weighted by Crippen LogP contribution is -2.14. The minimum Gasteiger partial charge on any atom is -0.341 e. The van der Waals surface area contributed by atoms with Crippen LogP contribution in [0.4, 0.5) is 0 Å². The molecule has 3 heteroatoms. The number of rotatable bonds is 2. The van der Waals surface area contributed by atoms with Gasteiger partial charge in [0.25, 0.3) is 0 Å². The van der Waals surface area contributed by atoms with Crippen molar-refractivity contribution in [3.8, 4) is 11.3 Å². The van der Waals surface area contributed by atoms with E-state index in [0.717, 1.165) is 18.1 Å². The molecule has 0 saturated carbocycles. The number of benzene rings is 1. The Morgan fingerprint density at radius 3 is 2.95 bits per heavy atom. The van der Waals surface area contributed by atoms with Crippen molar-refractivity contribution in [3.63, 3.8) is 0 Å². The second-order valence-electron chi connectivity index (χ2n) is 5.67. The van der Waals surface area contributed by atoms with E-state index >= 15 is 0 Å². The third-order valence-electron chi connectivity index (χ3n) is 4.40. The minimum absolute atomic E-state index is 0.420. The summed E-state index contributed by atoms with van der Waals surface area (Å²) in [4.78, 5) is 8.04. The summed E-state index contributed by atoms with van der Waals surface area (Å²) >= 11 is 0. The number of nitrogens with zero attached hydrogens (tertiary/aromatic N) is 1. The summed E-state index contributed by atoms with van der Waals surface area (Å²) < 4.78 is 0. The molecule has 1 aliphatic heterocycles. The average Bonchev–Trinajstić information content (AvgIpc) is 3.18. The Morgan fingerprint density at radius 2 is 2.05 bits per heavy atom. The van der Waals surface area contributed by atoms with Crippen molar-refractivity contribution in [2.75, 3.05) is 6.54 Å². The zero-order valence-electron chi connectivity index (χ0n) is 11.1. The van der Waals surface area contributed by atoms with Crippen LogP contribution < -0.4 is 5.32 Å². The number of H-pyrrole nitrogens is 1. The van der Waals surface area contributed by atoms with Crippen LogP contribution in [-0.2, 0) is 12.8 Å². The molecular weight excluding hydrogens is 234 g/mol. The van der Waals surface area contributed by atoms with E-state index in [4.69, 9.17) is 0 Å². The molecule has 1 fully saturated rings. The first-order chi connectivity index (χ1) is 9.40. The van der Waals surface area contributed by atoms with Crippen LogP contribution in [0.25, 0.3) is 11.3 Å². The summed E-state index contributed by atoms with van der Waals surface area (Å²) in [5, 5.41) is 3.49. The second-order valence-corrected chi connectivity index (χ2v) is 5.67. The standard InChI is InChI=1S/C16H19N3/c1-3-11-6-7-13(9-12(11)4-1)15-10-18-16(19-15)14-5-2-8-17-14/h6-7,9-10,14,17H,1-5,8H2,(H,18,19). The van der Waals surface area contributed by atoms with Gasteiger partial charge < -0.3 is 10.3 Å². The van der Waals surface area contributed by atoms with Crippen LogP contribution in [0.1, 0.15) is 42.3 Å². The summed E-state index contributed by atoms with van der Waals surface area (Å²) in [7, 11) is 0. The number of hydrogen-bond acceptors (Lipinski definition) is 2. The van der Waals surface area contributed by atoms with Gasteiger partial charge in [0.1, 0.15) is 5.82 Å². The summed E-state index contributed by atoms with van der Waals surface area (Å²) in [5.41, 5.74) is 5.48. The zero-order chi connectivity index (χ0) is 12.7. The molecule has 1 aromatic heterocycles. The van der Waals surface area contributed by atoms with Gasteiger partial charge in [-0.05, 0) is 61.4 Å². The van der Waals surface area contributed by atoms with Gasteiger partial charge in [-0.3, -0.25) is 0 Å². The molecule has 1 aromatic carbocycles. The highest BCUT2D eigenvalue weighted by Crippen LogP contribution is 2.28. The predicted molar refractivity (Wildman–Crippen MR) is 76.0 cm³/mol. The van der Waals surface area contributed by atoms with Gasteiger partial charge in [0, 0.05) is 0 Å². The van der Waals surface area contributed by atoms with Crippen LogP contribution in [0.5, 0.6) is 0 Å². The van der Waals surface area contributed by atoms with Crippen LogP contribution in [0, 0.1) is 0 Å². The number of fused-ring (bicyclic) bond motifs is 1. The van der Waals surface area contributed by atoms with Crippen molar-refractivity contribution >= 4 is 0 Å². The molecule has 2 heterocycles. The lowest BCUT2D eigenvalue weighted by molar-refractivity contribution is 0.613. The molecule has 1 saturated heterocycles. The van der Waals surface area contributed by atoms with Crippen molar-refractivity contribution in [1.82, 2.24) is 15.3 Å². The summed E-state index contributed by atoms with van der Waals surface area (Å²) in [6.45, 7) is 1.11. The maximum absolute atomic E-state index is 4.55. The maximum atomic E-state index is 4.55. The van der Waals surface area contributed by atoms with Crippen LogP contribution >= 0.6 is 0 Å². The molecule has 1 aliphatic carbocycles. The molecule has 1 atom stereocenters. The van der Waals surface area contributed by atoms with Crippen LogP contribution in [0.15, 0.2) is 24.4 Å². The molecule has 98 valence electrons. The molecule has 2 N–H and O–H groups in total. The van der Waals surface area contributed by atoms with Gasteiger partial charge in [0.2, 0.25) is 0 Å². The fraction of sp³-hybridized carbons (Fsp3) is 0.438. The van der Waals surface area contributed by atoms with Gasteiger partial charge in [-0.15, -0.1) is 0 Å². The molecule has 0 radical (unpaired) electrons. The Balaban J connectivity index is 1.65. The van der Waals surface area contributed by atoms with Crippen molar-refractivity contribution < 1.29 is 0 Å². The summed E-state index contributed by atoms with van der Waals surface area (Å²) in [6.07, 6.45) is 8.20. The van der Waals surface area contributed by atoms with Crippen molar-refractivity contribution in [2.45, 2.75) is 38.1 Å². The highest BCUT2D eigenvalue weighted by Gasteiger charge is 2.19. The predicted octanol–water partition coefficient (Wildman–Crippen LogP) is 2.99. The zero-order valence-corrected chi connectivity index (χ0v) is 11.1. The van der Waals surface area contributed by atoms with Gasteiger partial charge >= 0.3 is 0 Å². The number of aromatic amines is 1. The quantitative estimate of drug-likeness (QED) is 0.864. The molecule has 0 bridgehead atoms. The summed E-state index contributed by atoms with van der Waals surface area (Å²) in [5.74, 6) is 1.09. The third-order valence-corrected chi connectivity index (χ3v) is 4.40. The average molecular weight is 253 g/mol. The third kappa shape index (κ3) is 1.98. The van der Waals surface area contributed by atoms with Gasteiger partial charge in [-0.2, -0.15) is 0 Å². The molecule has 1 unspecified atom stereocenters. The van der Waals surface area contributed by atoms with Gasteiger partial charge in [0.05, 0.1) is 17.9 Å². The highest BCUT2D eigenvalue weighted by atomic mass is 15.0. The SMILES string of the molecule is c1cc2c(cc1-c1cnc(C3CCCN3)[nH]1)CCC2. The van der Waals surface area contributed by atoms with E-state index in [9.17, 15) is 0 Å².